The lowest BCUT2D eigenvalue weighted by Gasteiger charge is -2.15. The summed E-state index contributed by atoms with van der Waals surface area (Å²) >= 11 is 0. The molecule has 0 unspecified atom stereocenters. The average molecular weight is 423 g/mol. The van der Waals surface area contributed by atoms with Crippen LogP contribution in [0.2, 0.25) is 0 Å². The van der Waals surface area contributed by atoms with Crippen molar-refractivity contribution in [2.75, 3.05) is 0 Å². The molecule has 0 bridgehead atoms. The molecule has 0 fully saturated rings. The van der Waals surface area contributed by atoms with Crippen molar-refractivity contribution in [3.63, 3.8) is 0 Å². The fourth-order valence-electron chi connectivity index (χ4n) is 2.37. The van der Waals surface area contributed by atoms with Gasteiger partial charge in [0.25, 0.3) is 5.91 Å². The molecule has 0 aromatic heterocycles. The summed E-state index contributed by atoms with van der Waals surface area (Å²) in [4.78, 5) is 12.2. The van der Waals surface area contributed by atoms with Crippen LogP contribution < -0.4 is 9.50 Å². The van der Waals surface area contributed by atoms with Crippen LogP contribution in [0.1, 0.15) is 27.0 Å². The van der Waals surface area contributed by atoms with E-state index in [1.807, 2.05) is 0 Å². The Hall–Kier alpha value is -2.69. The van der Waals surface area contributed by atoms with E-state index in [-0.39, 0.29) is 28.8 Å². The van der Waals surface area contributed by atoms with Gasteiger partial charge in [0.1, 0.15) is 17.4 Å². The molecule has 0 spiro atoms. The standard InChI is InChI=1S/C17H14F5NO4S/c1-9-3-12(4-10(2)15(9)27-28(25,26)17(20,21)22)16(24)23-8-11-5-13(18)7-14(19)6-11/h3-7H,8H2,1-2H3,(H,23,24). The Morgan fingerprint density at radius 1 is 1.00 bits per heavy atom. The van der Waals surface area contributed by atoms with Crippen molar-refractivity contribution in [1.82, 2.24) is 5.32 Å². The minimum Gasteiger partial charge on any atom is -0.375 e. The number of hydrogen-bond acceptors (Lipinski definition) is 4. The lowest BCUT2D eigenvalue weighted by Crippen LogP contribution is -2.28. The van der Waals surface area contributed by atoms with E-state index in [4.69, 9.17) is 0 Å². The Kier molecular flexibility index (Phi) is 5.97. The summed E-state index contributed by atoms with van der Waals surface area (Å²) in [7, 11) is -5.85. The van der Waals surface area contributed by atoms with E-state index in [1.165, 1.54) is 13.8 Å². The van der Waals surface area contributed by atoms with Crippen molar-refractivity contribution in [3.8, 4) is 5.75 Å². The van der Waals surface area contributed by atoms with Crippen LogP contribution in [0.3, 0.4) is 0 Å². The van der Waals surface area contributed by atoms with E-state index in [9.17, 15) is 35.2 Å². The number of carbonyl (C=O) groups excluding carboxylic acids is 1. The first-order chi connectivity index (χ1) is 12.8. The second-order valence-corrected chi connectivity index (χ2v) is 7.42. The monoisotopic (exact) mass is 423 g/mol. The number of aryl methyl sites for hydroxylation is 2. The van der Waals surface area contributed by atoms with Crippen molar-refractivity contribution in [2.24, 2.45) is 0 Å². The molecule has 2 aromatic rings. The number of amides is 1. The molecule has 0 heterocycles. The Morgan fingerprint density at radius 3 is 1.96 bits per heavy atom. The van der Waals surface area contributed by atoms with Gasteiger partial charge in [0, 0.05) is 18.2 Å². The second kappa shape index (κ2) is 7.74. The van der Waals surface area contributed by atoms with E-state index in [2.05, 4.69) is 9.50 Å². The molecule has 1 amide bonds. The highest BCUT2D eigenvalue weighted by Crippen LogP contribution is 2.31. The van der Waals surface area contributed by atoms with Crippen LogP contribution in [-0.2, 0) is 16.7 Å². The minimum atomic E-state index is -5.85. The first-order valence-electron chi connectivity index (χ1n) is 7.65. The molecule has 0 atom stereocenters. The lowest BCUT2D eigenvalue weighted by molar-refractivity contribution is -0.0500. The van der Waals surface area contributed by atoms with Gasteiger partial charge >= 0.3 is 15.6 Å². The number of benzene rings is 2. The first-order valence-corrected chi connectivity index (χ1v) is 9.06. The van der Waals surface area contributed by atoms with Gasteiger partial charge in [-0.15, -0.1) is 0 Å². The zero-order valence-electron chi connectivity index (χ0n) is 14.5. The SMILES string of the molecule is Cc1cc(C(=O)NCc2cc(F)cc(F)c2)cc(C)c1OS(=O)(=O)C(F)(F)F. The summed E-state index contributed by atoms with van der Waals surface area (Å²) in [6.45, 7) is 2.34. The largest absolute Gasteiger partial charge is 0.534 e. The third-order valence-corrected chi connectivity index (χ3v) is 4.53. The van der Waals surface area contributed by atoms with Crippen molar-refractivity contribution in [3.05, 3.63) is 64.2 Å². The molecule has 0 aliphatic heterocycles. The average Bonchev–Trinajstić information content (AvgIpc) is 2.54. The zero-order valence-corrected chi connectivity index (χ0v) is 15.3. The van der Waals surface area contributed by atoms with E-state index < -0.39 is 38.9 Å². The van der Waals surface area contributed by atoms with E-state index in [0.29, 0.717) is 6.07 Å². The second-order valence-electron chi connectivity index (χ2n) is 5.88. The molecule has 28 heavy (non-hydrogen) atoms. The summed E-state index contributed by atoms with van der Waals surface area (Å²) in [6, 6.07) is 4.99. The van der Waals surface area contributed by atoms with Crippen molar-refractivity contribution >= 4 is 16.0 Å². The Balaban J connectivity index is 2.20. The van der Waals surface area contributed by atoms with Gasteiger partial charge in [-0.1, -0.05) is 0 Å². The molecule has 0 radical (unpaired) electrons. The molecule has 0 saturated carbocycles. The van der Waals surface area contributed by atoms with Crippen LogP contribution in [0.4, 0.5) is 22.0 Å². The highest BCUT2D eigenvalue weighted by atomic mass is 32.2. The molecule has 152 valence electrons. The molecule has 11 heteroatoms. The van der Waals surface area contributed by atoms with Crippen molar-refractivity contribution < 1.29 is 39.3 Å². The topological polar surface area (TPSA) is 72.5 Å². The van der Waals surface area contributed by atoms with Crippen molar-refractivity contribution in [2.45, 2.75) is 25.9 Å². The van der Waals surface area contributed by atoms with Crippen molar-refractivity contribution in [1.29, 1.82) is 0 Å². The summed E-state index contributed by atoms with van der Waals surface area (Å²) in [5.41, 5.74) is -5.47. The Labute approximate surface area is 157 Å². The fourth-order valence-corrected chi connectivity index (χ4v) is 2.94. The molecule has 0 saturated heterocycles. The first kappa shape index (κ1) is 21.6. The van der Waals surface area contributed by atoms with Gasteiger partial charge in [0.05, 0.1) is 0 Å². The minimum absolute atomic E-state index is 0.00336. The maximum Gasteiger partial charge on any atom is 0.534 e. The third-order valence-electron chi connectivity index (χ3n) is 3.57. The van der Waals surface area contributed by atoms with Crippen LogP contribution in [-0.4, -0.2) is 19.8 Å². The number of carbonyl (C=O) groups is 1. The zero-order chi connectivity index (χ0) is 21.3. The Bertz CT molecular complexity index is 975. The maximum absolute atomic E-state index is 13.1. The lowest BCUT2D eigenvalue weighted by atomic mass is 10.1. The molecule has 2 aromatic carbocycles. The van der Waals surface area contributed by atoms with E-state index in [0.717, 1.165) is 24.3 Å². The normalized spacial score (nSPS) is 12.0. The predicted molar refractivity (Wildman–Crippen MR) is 89.0 cm³/mol. The number of nitrogens with one attached hydrogen (secondary N) is 1. The van der Waals surface area contributed by atoms with Gasteiger partial charge in [0.2, 0.25) is 0 Å². The van der Waals surface area contributed by atoms with Crippen LogP contribution in [0, 0.1) is 25.5 Å². The highest BCUT2D eigenvalue weighted by molar-refractivity contribution is 7.88. The molecule has 2 rings (SSSR count). The summed E-state index contributed by atoms with van der Waals surface area (Å²) < 4.78 is 90.2. The van der Waals surface area contributed by atoms with E-state index in [1.54, 1.807) is 0 Å². The van der Waals surface area contributed by atoms with Gasteiger partial charge < -0.3 is 9.50 Å². The van der Waals surface area contributed by atoms with Crippen LogP contribution in [0.25, 0.3) is 0 Å². The summed E-state index contributed by atoms with van der Waals surface area (Å²) in [6.07, 6.45) is 0. The number of rotatable bonds is 5. The van der Waals surface area contributed by atoms with Crippen LogP contribution in [0.5, 0.6) is 5.75 Å². The third kappa shape index (κ3) is 4.97. The maximum atomic E-state index is 13.1. The molecular formula is C17H14F5NO4S. The number of hydrogen-bond donors (Lipinski definition) is 1. The Morgan fingerprint density at radius 2 is 1.50 bits per heavy atom. The fraction of sp³-hybridized carbons (Fsp3) is 0.235. The smallest absolute Gasteiger partial charge is 0.375 e. The molecular weight excluding hydrogens is 409 g/mol. The molecule has 0 aliphatic carbocycles. The van der Waals surface area contributed by atoms with Crippen LogP contribution in [0.15, 0.2) is 30.3 Å². The quantitative estimate of drug-likeness (QED) is 0.452. The summed E-state index contributed by atoms with van der Waals surface area (Å²) in [5, 5.41) is 2.40. The van der Waals surface area contributed by atoms with Gasteiger partial charge in [-0.25, -0.2) is 8.78 Å². The van der Waals surface area contributed by atoms with Gasteiger partial charge in [0.15, 0.2) is 0 Å². The molecule has 1 N–H and O–H groups in total. The summed E-state index contributed by atoms with van der Waals surface area (Å²) in [5.74, 6) is -2.85. The van der Waals surface area contributed by atoms with Gasteiger partial charge in [-0.05, 0) is 54.8 Å². The molecule has 5 nitrogen and oxygen atoms in total. The number of halogens is 5. The number of alkyl halides is 3. The predicted octanol–water partition coefficient (Wildman–Crippen LogP) is 3.74. The highest BCUT2D eigenvalue weighted by Gasteiger charge is 2.48. The van der Waals surface area contributed by atoms with Gasteiger partial charge in [-0.3, -0.25) is 4.79 Å². The van der Waals surface area contributed by atoms with Crippen LogP contribution >= 0.6 is 0 Å². The van der Waals surface area contributed by atoms with Gasteiger partial charge in [-0.2, -0.15) is 21.6 Å². The molecule has 0 aliphatic rings. The van der Waals surface area contributed by atoms with E-state index >= 15 is 0 Å².